The lowest BCUT2D eigenvalue weighted by molar-refractivity contribution is -0.125. The SMILES string of the molecule is Cc1cc(C)n(C(C)C(=O)NC(C)(C)C)n1. The zero-order valence-electron chi connectivity index (χ0n) is 11.0. The van der Waals surface area contributed by atoms with E-state index in [-0.39, 0.29) is 17.5 Å². The van der Waals surface area contributed by atoms with Crippen molar-refractivity contribution in [3.63, 3.8) is 0 Å². The van der Waals surface area contributed by atoms with Crippen LogP contribution >= 0.6 is 0 Å². The van der Waals surface area contributed by atoms with Gasteiger partial charge in [-0.3, -0.25) is 9.48 Å². The molecule has 0 saturated carbocycles. The second-order valence-electron chi connectivity index (χ2n) is 5.29. The second-order valence-corrected chi connectivity index (χ2v) is 5.29. The summed E-state index contributed by atoms with van der Waals surface area (Å²) in [5, 5.41) is 7.27. The molecule has 0 fully saturated rings. The summed E-state index contributed by atoms with van der Waals surface area (Å²) in [6.07, 6.45) is 0. The van der Waals surface area contributed by atoms with Gasteiger partial charge in [-0.2, -0.15) is 5.10 Å². The number of nitrogens with zero attached hydrogens (tertiary/aromatic N) is 2. The minimum absolute atomic E-state index is 0.00120. The van der Waals surface area contributed by atoms with Gasteiger partial charge in [0.2, 0.25) is 5.91 Å². The Labute approximate surface area is 97.0 Å². The van der Waals surface area contributed by atoms with Gasteiger partial charge < -0.3 is 5.32 Å². The lowest BCUT2D eigenvalue weighted by atomic mass is 10.1. The molecule has 1 unspecified atom stereocenters. The van der Waals surface area contributed by atoms with Crippen LogP contribution in [-0.2, 0) is 4.79 Å². The van der Waals surface area contributed by atoms with Gasteiger partial charge in [-0.15, -0.1) is 0 Å². The fourth-order valence-corrected chi connectivity index (χ4v) is 1.62. The summed E-state index contributed by atoms with van der Waals surface area (Å²) in [7, 11) is 0. The fourth-order valence-electron chi connectivity index (χ4n) is 1.62. The number of aryl methyl sites for hydroxylation is 2. The van der Waals surface area contributed by atoms with Crippen molar-refractivity contribution in [2.75, 3.05) is 0 Å². The topological polar surface area (TPSA) is 46.9 Å². The maximum atomic E-state index is 11.9. The van der Waals surface area contributed by atoms with Crippen LogP contribution in [0.4, 0.5) is 0 Å². The van der Waals surface area contributed by atoms with Crippen LogP contribution < -0.4 is 5.32 Å². The Morgan fingerprint density at radius 3 is 2.38 bits per heavy atom. The molecule has 1 aromatic rings. The van der Waals surface area contributed by atoms with Gasteiger partial charge in [0.05, 0.1) is 5.69 Å². The minimum atomic E-state index is -0.270. The van der Waals surface area contributed by atoms with Crippen molar-refractivity contribution < 1.29 is 4.79 Å². The molecular formula is C12H21N3O. The first-order chi connectivity index (χ1) is 7.20. The molecule has 1 amide bonds. The van der Waals surface area contributed by atoms with Crippen LogP contribution in [-0.4, -0.2) is 21.2 Å². The largest absolute Gasteiger partial charge is 0.350 e. The van der Waals surface area contributed by atoms with Crippen LogP contribution in [0.3, 0.4) is 0 Å². The first-order valence-electron chi connectivity index (χ1n) is 5.55. The second kappa shape index (κ2) is 4.28. The molecule has 1 heterocycles. The maximum absolute atomic E-state index is 11.9. The van der Waals surface area contributed by atoms with Crippen LogP contribution in [0.5, 0.6) is 0 Å². The van der Waals surface area contributed by atoms with Crippen LogP contribution in [0.25, 0.3) is 0 Å². The Morgan fingerprint density at radius 2 is 2.00 bits per heavy atom. The molecule has 4 heteroatoms. The molecule has 1 aromatic heterocycles. The van der Waals surface area contributed by atoms with Crippen molar-refractivity contribution in [1.82, 2.24) is 15.1 Å². The van der Waals surface area contributed by atoms with E-state index in [1.165, 1.54) is 0 Å². The number of hydrogen-bond acceptors (Lipinski definition) is 2. The molecule has 1 N–H and O–H groups in total. The standard InChI is InChI=1S/C12H21N3O/c1-8-7-9(2)15(14-8)10(3)11(16)13-12(4,5)6/h7,10H,1-6H3,(H,13,16). The summed E-state index contributed by atoms with van der Waals surface area (Å²) in [4.78, 5) is 11.9. The van der Waals surface area contributed by atoms with Gasteiger partial charge in [-0.25, -0.2) is 0 Å². The highest BCUT2D eigenvalue weighted by molar-refractivity contribution is 5.80. The first kappa shape index (κ1) is 12.7. The average molecular weight is 223 g/mol. The van der Waals surface area contributed by atoms with Gasteiger partial charge in [0, 0.05) is 11.2 Å². The Balaban J connectivity index is 2.82. The van der Waals surface area contributed by atoms with E-state index in [0.717, 1.165) is 11.4 Å². The molecule has 0 saturated heterocycles. The summed E-state index contributed by atoms with van der Waals surface area (Å²) >= 11 is 0. The molecule has 0 bridgehead atoms. The summed E-state index contributed by atoms with van der Waals surface area (Å²) in [6, 6.07) is 1.70. The van der Waals surface area contributed by atoms with Crippen molar-refractivity contribution >= 4 is 5.91 Å². The summed E-state index contributed by atoms with van der Waals surface area (Å²) in [5.74, 6) is -0.00120. The van der Waals surface area contributed by atoms with Crippen LogP contribution in [0.2, 0.25) is 0 Å². The quantitative estimate of drug-likeness (QED) is 0.833. The Hall–Kier alpha value is -1.32. The number of amides is 1. The van der Waals surface area contributed by atoms with Crippen molar-refractivity contribution in [1.29, 1.82) is 0 Å². The van der Waals surface area contributed by atoms with E-state index in [1.807, 2.05) is 47.6 Å². The minimum Gasteiger partial charge on any atom is -0.350 e. The van der Waals surface area contributed by atoms with Gasteiger partial charge in [-0.1, -0.05) is 0 Å². The Kier molecular flexibility index (Phi) is 3.41. The average Bonchev–Trinajstić information content (AvgIpc) is 2.41. The van der Waals surface area contributed by atoms with Crippen molar-refractivity contribution in [3.05, 3.63) is 17.5 Å². The van der Waals surface area contributed by atoms with Crippen LogP contribution in [0.1, 0.15) is 45.1 Å². The number of carbonyl (C=O) groups is 1. The molecule has 0 aliphatic rings. The summed E-state index contributed by atoms with van der Waals surface area (Å²) < 4.78 is 1.76. The lowest BCUT2D eigenvalue weighted by Crippen LogP contribution is -2.44. The zero-order valence-corrected chi connectivity index (χ0v) is 11.0. The molecule has 0 radical (unpaired) electrons. The molecule has 0 spiro atoms. The van der Waals surface area contributed by atoms with Crippen LogP contribution in [0.15, 0.2) is 6.07 Å². The van der Waals surface area contributed by atoms with E-state index in [0.29, 0.717) is 0 Å². The predicted octanol–water partition coefficient (Wildman–Crippen LogP) is 1.98. The Bertz CT molecular complexity index is 387. The molecule has 1 rings (SSSR count). The Morgan fingerprint density at radius 1 is 1.44 bits per heavy atom. The lowest BCUT2D eigenvalue weighted by Gasteiger charge is -2.23. The van der Waals surface area contributed by atoms with Gasteiger partial charge in [0.25, 0.3) is 0 Å². The zero-order chi connectivity index (χ0) is 12.5. The molecule has 90 valence electrons. The number of aromatic nitrogens is 2. The van der Waals surface area contributed by atoms with E-state index in [9.17, 15) is 4.79 Å². The number of hydrogen-bond donors (Lipinski definition) is 1. The maximum Gasteiger partial charge on any atom is 0.244 e. The summed E-state index contributed by atoms with van der Waals surface area (Å²) in [6.45, 7) is 11.7. The molecule has 4 nitrogen and oxygen atoms in total. The third-order valence-corrected chi connectivity index (χ3v) is 2.29. The van der Waals surface area contributed by atoms with Crippen molar-refractivity contribution in [3.8, 4) is 0 Å². The van der Waals surface area contributed by atoms with Gasteiger partial charge in [0.15, 0.2) is 0 Å². The molecule has 16 heavy (non-hydrogen) atoms. The highest BCUT2D eigenvalue weighted by atomic mass is 16.2. The van der Waals surface area contributed by atoms with E-state index in [4.69, 9.17) is 0 Å². The smallest absolute Gasteiger partial charge is 0.244 e. The number of carbonyl (C=O) groups excluding carboxylic acids is 1. The molecule has 1 atom stereocenters. The normalized spacial score (nSPS) is 13.6. The van der Waals surface area contributed by atoms with E-state index >= 15 is 0 Å². The van der Waals surface area contributed by atoms with E-state index in [2.05, 4.69) is 10.4 Å². The van der Waals surface area contributed by atoms with Gasteiger partial charge in [0.1, 0.15) is 6.04 Å². The number of nitrogens with one attached hydrogen (secondary N) is 1. The third-order valence-electron chi connectivity index (χ3n) is 2.29. The first-order valence-corrected chi connectivity index (χ1v) is 5.55. The van der Waals surface area contributed by atoms with Crippen molar-refractivity contribution in [2.24, 2.45) is 0 Å². The predicted molar refractivity (Wildman–Crippen MR) is 64.3 cm³/mol. The molecule has 0 aliphatic carbocycles. The van der Waals surface area contributed by atoms with Crippen molar-refractivity contribution in [2.45, 2.75) is 53.1 Å². The third kappa shape index (κ3) is 3.08. The van der Waals surface area contributed by atoms with E-state index in [1.54, 1.807) is 4.68 Å². The monoisotopic (exact) mass is 223 g/mol. The fraction of sp³-hybridized carbons (Fsp3) is 0.667. The summed E-state index contributed by atoms with van der Waals surface area (Å²) in [5.41, 5.74) is 1.74. The molecule has 0 aliphatic heterocycles. The van der Waals surface area contributed by atoms with Crippen LogP contribution in [0, 0.1) is 13.8 Å². The molecule has 0 aromatic carbocycles. The van der Waals surface area contributed by atoms with Gasteiger partial charge >= 0.3 is 0 Å². The van der Waals surface area contributed by atoms with Gasteiger partial charge in [-0.05, 0) is 47.6 Å². The molecular weight excluding hydrogens is 202 g/mol. The highest BCUT2D eigenvalue weighted by Crippen LogP contribution is 2.12. The highest BCUT2D eigenvalue weighted by Gasteiger charge is 2.21. The number of rotatable bonds is 2. The van der Waals surface area contributed by atoms with E-state index < -0.39 is 0 Å².